The first kappa shape index (κ1) is 12.1. The van der Waals surface area contributed by atoms with Crippen LogP contribution in [0.1, 0.15) is 21.6 Å². The number of hydrogen-bond donors (Lipinski definition) is 0. The lowest BCUT2D eigenvalue weighted by Crippen LogP contribution is -2.28. The summed E-state index contributed by atoms with van der Waals surface area (Å²) >= 11 is 0. The summed E-state index contributed by atoms with van der Waals surface area (Å²) in [6.07, 6.45) is 1.84. The Kier molecular flexibility index (Phi) is 2.95. The van der Waals surface area contributed by atoms with Crippen LogP contribution in [0.4, 0.5) is 0 Å². The summed E-state index contributed by atoms with van der Waals surface area (Å²) in [6.45, 7) is 1.77. The molecule has 3 rings (SSSR count). The van der Waals surface area contributed by atoms with Crippen LogP contribution in [0.3, 0.4) is 0 Å². The number of nitrogens with zero attached hydrogens (tertiary/aromatic N) is 2. The summed E-state index contributed by atoms with van der Waals surface area (Å²) in [5, 5.41) is 0.878. The number of fused-ring (bicyclic) bond motifs is 2. The van der Waals surface area contributed by atoms with Gasteiger partial charge in [0.1, 0.15) is 5.75 Å². The molecule has 0 N–H and O–H groups in total. The molecule has 0 spiro atoms. The maximum Gasteiger partial charge on any atom is 0.151 e. The van der Waals surface area contributed by atoms with Crippen molar-refractivity contribution < 1.29 is 9.53 Å². The van der Waals surface area contributed by atoms with E-state index in [0.717, 1.165) is 59.3 Å². The molecule has 0 radical (unpaired) electrons. The van der Waals surface area contributed by atoms with Crippen molar-refractivity contribution in [3.63, 3.8) is 0 Å². The van der Waals surface area contributed by atoms with Crippen LogP contribution in [0.5, 0.6) is 5.75 Å². The number of methoxy groups -OCH3 is 1. The number of carbonyl (C=O) groups excluding carboxylic acids is 1. The lowest BCUT2D eigenvalue weighted by molar-refractivity contribution is 0.112. The lowest BCUT2D eigenvalue weighted by Gasteiger charge is -2.26. The minimum Gasteiger partial charge on any atom is -0.497 e. The predicted molar refractivity (Wildman–Crippen MR) is 73.7 cm³/mol. The topological polar surface area (TPSA) is 42.4 Å². The van der Waals surface area contributed by atoms with E-state index in [9.17, 15) is 4.79 Å². The van der Waals surface area contributed by atoms with Crippen molar-refractivity contribution in [1.29, 1.82) is 0 Å². The predicted octanol–water partition coefficient (Wildman–Crippen LogP) is 2.04. The third kappa shape index (κ3) is 1.98. The maximum absolute atomic E-state index is 11.5. The highest BCUT2D eigenvalue weighted by atomic mass is 16.5. The first-order valence-corrected chi connectivity index (χ1v) is 6.36. The number of ether oxygens (including phenoxy) is 1. The lowest BCUT2D eigenvalue weighted by atomic mass is 9.97. The average Bonchev–Trinajstić information content (AvgIpc) is 2.44. The maximum atomic E-state index is 11.5. The number of carbonyl (C=O) groups is 1. The van der Waals surface area contributed by atoms with Crippen LogP contribution in [0.25, 0.3) is 10.9 Å². The smallest absolute Gasteiger partial charge is 0.151 e. The highest BCUT2D eigenvalue weighted by Crippen LogP contribution is 2.28. The number of hydrogen-bond acceptors (Lipinski definition) is 4. The molecule has 0 aliphatic carbocycles. The molecule has 1 aliphatic heterocycles. The second-order valence-electron chi connectivity index (χ2n) is 4.94. The molecule has 4 heteroatoms. The molecule has 98 valence electrons. The zero-order valence-electron chi connectivity index (χ0n) is 11.1. The minimum absolute atomic E-state index is 0.751. The number of benzene rings is 1. The van der Waals surface area contributed by atoms with Crippen LogP contribution >= 0.6 is 0 Å². The van der Waals surface area contributed by atoms with Crippen molar-refractivity contribution in [3.8, 4) is 5.75 Å². The number of aldehydes is 1. The normalized spacial score (nSPS) is 15.3. The molecule has 2 aromatic rings. The van der Waals surface area contributed by atoms with Crippen LogP contribution < -0.4 is 4.74 Å². The van der Waals surface area contributed by atoms with Gasteiger partial charge in [-0.1, -0.05) is 0 Å². The fourth-order valence-electron chi connectivity index (χ4n) is 2.65. The number of rotatable bonds is 2. The average molecular weight is 256 g/mol. The quantitative estimate of drug-likeness (QED) is 0.771. The van der Waals surface area contributed by atoms with E-state index in [1.807, 2.05) is 18.2 Å². The third-order valence-corrected chi connectivity index (χ3v) is 3.70. The molecule has 19 heavy (non-hydrogen) atoms. The van der Waals surface area contributed by atoms with Crippen LogP contribution in [0.2, 0.25) is 0 Å². The van der Waals surface area contributed by atoms with Gasteiger partial charge in [-0.15, -0.1) is 0 Å². The summed E-state index contributed by atoms with van der Waals surface area (Å²) < 4.78 is 5.23. The fourth-order valence-corrected chi connectivity index (χ4v) is 2.65. The molecule has 0 bridgehead atoms. The minimum atomic E-state index is 0.751. The van der Waals surface area contributed by atoms with E-state index in [1.54, 1.807) is 7.11 Å². The van der Waals surface area contributed by atoms with Crippen molar-refractivity contribution >= 4 is 17.2 Å². The molecule has 0 amide bonds. The van der Waals surface area contributed by atoms with Crippen molar-refractivity contribution in [2.45, 2.75) is 13.0 Å². The largest absolute Gasteiger partial charge is 0.497 e. The van der Waals surface area contributed by atoms with E-state index in [0.29, 0.717) is 0 Å². The first-order chi connectivity index (χ1) is 9.22. The SMILES string of the molecule is COc1ccc2nc3c(c(C=O)c2c1)CN(C)CC3. The number of likely N-dealkylation sites (N-methyl/N-ethyl adjacent to an activating group) is 1. The Hall–Kier alpha value is -1.94. The Bertz CT molecular complexity index is 652. The Balaban J connectivity index is 2.30. The van der Waals surface area contributed by atoms with Gasteiger partial charge in [0.05, 0.1) is 12.6 Å². The van der Waals surface area contributed by atoms with E-state index in [-0.39, 0.29) is 0 Å². The highest BCUT2D eigenvalue weighted by Gasteiger charge is 2.20. The van der Waals surface area contributed by atoms with Crippen molar-refractivity contribution in [3.05, 3.63) is 35.0 Å². The van der Waals surface area contributed by atoms with Gasteiger partial charge in [0, 0.05) is 36.2 Å². The molecule has 1 aromatic heterocycles. The van der Waals surface area contributed by atoms with E-state index >= 15 is 0 Å². The molecule has 1 aliphatic rings. The van der Waals surface area contributed by atoms with Crippen LogP contribution in [-0.2, 0) is 13.0 Å². The molecule has 2 heterocycles. The Morgan fingerprint density at radius 2 is 2.26 bits per heavy atom. The zero-order chi connectivity index (χ0) is 13.4. The van der Waals surface area contributed by atoms with Gasteiger partial charge in [-0.25, -0.2) is 0 Å². The van der Waals surface area contributed by atoms with E-state index in [2.05, 4.69) is 11.9 Å². The molecule has 0 saturated carbocycles. The van der Waals surface area contributed by atoms with E-state index in [4.69, 9.17) is 9.72 Å². The van der Waals surface area contributed by atoms with Crippen LogP contribution in [0, 0.1) is 0 Å². The summed E-state index contributed by atoms with van der Waals surface area (Å²) in [5.41, 5.74) is 3.74. The van der Waals surface area contributed by atoms with Gasteiger partial charge < -0.3 is 9.64 Å². The zero-order valence-corrected chi connectivity index (χ0v) is 11.1. The summed E-state index contributed by atoms with van der Waals surface area (Å²) in [4.78, 5) is 18.4. The standard InChI is InChI=1S/C15H16N2O2/c1-17-6-5-15-12(8-17)13(9-18)11-7-10(19-2)3-4-14(11)16-15/h3-4,7,9H,5-6,8H2,1-2H3. The van der Waals surface area contributed by atoms with Gasteiger partial charge in [0.25, 0.3) is 0 Å². The Morgan fingerprint density at radius 3 is 3.00 bits per heavy atom. The van der Waals surface area contributed by atoms with Gasteiger partial charge in [0.2, 0.25) is 0 Å². The molecule has 1 aromatic carbocycles. The molecule has 4 nitrogen and oxygen atoms in total. The summed E-state index contributed by atoms with van der Waals surface area (Å²) in [6, 6.07) is 5.69. The second-order valence-corrected chi connectivity index (χ2v) is 4.94. The molecule has 0 saturated heterocycles. The third-order valence-electron chi connectivity index (χ3n) is 3.70. The first-order valence-electron chi connectivity index (χ1n) is 6.36. The van der Waals surface area contributed by atoms with E-state index < -0.39 is 0 Å². The summed E-state index contributed by atoms with van der Waals surface area (Å²) in [7, 11) is 3.69. The van der Waals surface area contributed by atoms with Gasteiger partial charge in [-0.05, 0) is 30.8 Å². The fraction of sp³-hybridized carbons (Fsp3) is 0.333. The molecular weight excluding hydrogens is 240 g/mol. The molecule has 0 unspecified atom stereocenters. The molecule has 0 atom stereocenters. The van der Waals surface area contributed by atoms with Crippen LogP contribution in [0.15, 0.2) is 18.2 Å². The van der Waals surface area contributed by atoms with Gasteiger partial charge in [0.15, 0.2) is 6.29 Å². The number of pyridine rings is 1. The van der Waals surface area contributed by atoms with Gasteiger partial charge in [-0.2, -0.15) is 0 Å². The molecular formula is C15H16N2O2. The summed E-state index contributed by atoms with van der Waals surface area (Å²) in [5.74, 6) is 0.751. The Morgan fingerprint density at radius 1 is 1.42 bits per heavy atom. The Labute approximate surface area is 112 Å². The monoisotopic (exact) mass is 256 g/mol. The van der Waals surface area contributed by atoms with Crippen molar-refractivity contribution in [1.82, 2.24) is 9.88 Å². The van der Waals surface area contributed by atoms with Crippen molar-refractivity contribution in [2.75, 3.05) is 20.7 Å². The van der Waals surface area contributed by atoms with Crippen molar-refractivity contribution in [2.24, 2.45) is 0 Å². The van der Waals surface area contributed by atoms with E-state index in [1.165, 1.54) is 0 Å². The second kappa shape index (κ2) is 4.63. The van der Waals surface area contributed by atoms with Crippen LogP contribution in [-0.4, -0.2) is 36.9 Å². The highest BCUT2D eigenvalue weighted by molar-refractivity contribution is 5.98. The molecule has 0 fully saturated rings. The van der Waals surface area contributed by atoms with Gasteiger partial charge >= 0.3 is 0 Å². The number of aromatic nitrogens is 1. The van der Waals surface area contributed by atoms with Gasteiger partial charge in [-0.3, -0.25) is 9.78 Å².